The van der Waals surface area contributed by atoms with Gasteiger partial charge in [0.05, 0.1) is 11.4 Å². The predicted octanol–water partition coefficient (Wildman–Crippen LogP) is 17.1. The average Bonchev–Trinajstić information content (AvgIpc) is 3.35. The van der Waals surface area contributed by atoms with E-state index in [1.807, 2.05) is 0 Å². The number of para-hydroxylation sites is 2. The summed E-state index contributed by atoms with van der Waals surface area (Å²) in [5.41, 5.74) is 23.9. The Kier molecular flexibility index (Phi) is 11.2. The largest absolute Gasteiger partial charge is 0.311 e. The zero-order valence-electron chi connectivity index (χ0n) is 45.1. The first-order chi connectivity index (χ1) is 34.1. The van der Waals surface area contributed by atoms with Crippen LogP contribution >= 0.6 is 0 Å². The lowest BCUT2D eigenvalue weighted by atomic mass is 9.33. The number of anilines is 9. The number of fused-ring (bicyclic) bond motifs is 5. The number of hydrogen-bond acceptors (Lipinski definition) is 3. The molecule has 4 heteroatoms. The van der Waals surface area contributed by atoms with Crippen molar-refractivity contribution in [3.05, 3.63) is 204 Å². The quantitative estimate of drug-likeness (QED) is 0.154. The van der Waals surface area contributed by atoms with E-state index in [4.69, 9.17) is 0 Å². The van der Waals surface area contributed by atoms with Gasteiger partial charge in [-0.3, -0.25) is 0 Å². The third-order valence-corrected chi connectivity index (χ3v) is 16.4. The summed E-state index contributed by atoms with van der Waals surface area (Å²) >= 11 is 0. The number of hydrogen-bond donors (Lipinski definition) is 0. The summed E-state index contributed by atoms with van der Waals surface area (Å²) < 4.78 is 0. The van der Waals surface area contributed by atoms with Gasteiger partial charge in [-0.05, 0) is 162 Å². The second kappa shape index (κ2) is 16.9. The Morgan fingerprint density at radius 1 is 0.403 bits per heavy atom. The van der Waals surface area contributed by atoms with E-state index < -0.39 is 0 Å². The molecule has 0 saturated carbocycles. The Balaban J connectivity index is 1.33. The van der Waals surface area contributed by atoms with Crippen LogP contribution in [0.3, 0.4) is 0 Å². The highest BCUT2D eigenvalue weighted by Crippen LogP contribution is 2.53. The Bertz CT molecular complexity index is 3310. The van der Waals surface area contributed by atoms with Gasteiger partial charge in [-0.1, -0.05) is 193 Å². The van der Waals surface area contributed by atoms with Crippen molar-refractivity contribution in [2.24, 2.45) is 0 Å². The molecule has 2 aliphatic heterocycles. The monoisotopic (exact) mass is 942 g/mol. The fraction of sp³-hybridized carbons (Fsp3) is 0.294. The van der Waals surface area contributed by atoms with E-state index in [1.165, 1.54) is 83.8 Å². The molecule has 8 aromatic carbocycles. The van der Waals surface area contributed by atoms with Crippen LogP contribution in [0.25, 0.3) is 11.1 Å². The van der Waals surface area contributed by atoms with Crippen LogP contribution in [-0.4, -0.2) is 6.71 Å². The second-order valence-corrected chi connectivity index (χ2v) is 25.4. The topological polar surface area (TPSA) is 9.72 Å². The molecule has 0 fully saturated rings. The van der Waals surface area contributed by atoms with Crippen molar-refractivity contribution in [1.29, 1.82) is 0 Å². The van der Waals surface area contributed by atoms with E-state index in [2.05, 4.69) is 281 Å². The first-order valence-corrected chi connectivity index (χ1v) is 26.4. The molecule has 362 valence electrons. The molecule has 0 N–H and O–H groups in total. The molecule has 72 heavy (non-hydrogen) atoms. The standard InChI is InChI=1S/C68H72BN3/c1-64(2,3)46-29-33-51(34-30-46)71-59-36-32-48(66(7,8)9)40-56(59)69-57-43-54-55(68(12,13)38-37-67(54,10)11)44-60(57)72(58-35-31-47(65(4,5)6)39-53(58)45-23-17-14-18-24-45)62-42-52(41-61(71)63(62)69)70(49-25-19-15-20-26-49)50-27-21-16-22-28-50/h14-36,39-44H,37-38H2,1-13H3. The van der Waals surface area contributed by atoms with Crippen molar-refractivity contribution in [2.45, 2.75) is 130 Å². The maximum absolute atomic E-state index is 2.69. The van der Waals surface area contributed by atoms with Crippen molar-refractivity contribution in [1.82, 2.24) is 0 Å². The van der Waals surface area contributed by atoms with Crippen LogP contribution in [0, 0.1) is 0 Å². The molecule has 2 heterocycles. The zero-order chi connectivity index (χ0) is 50.7. The second-order valence-electron chi connectivity index (χ2n) is 25.4. The van der Waals surface area contributed by atoms with Gasteiger partial charge in [0.1, 0.15) is 0 Å². The SMILES string of the molecule is CC(C)(C)c1ccc(N2c3ccc(C(C)(C)C)cc3B3c4cc5c(cc4N(c4ccc(C(C)(C)C)cc4-c4ccccc4)c4cc(N(c6ccccc6)c6ccccc6)cc2c43)C(C)(C)CCC5(C)C)cc1. The fourth-order valence-electron chi connectivity index (χ4n) is 11.9. The van der Waals surface area contributed by atoms with Crippen LogP contribution in [-0.2, 0) is 27.1 Å². The minimum Gasteiger partial charge on any atom is -0.311 e. The summed E-state index contributed by atoms with van der Waals surface area (Å²) in [4.78, 5) is 7.74. The van der Waals surface area contributed by atoms with E-state index in [9.17, 15) is 0 Å². The molecule has 1 aliphatic carbocycles. The third kappa shape index (κ3) is 8.06. The lowest BCUT2D eigenvalue weighted by Gasteiger charge is -2.48. The minimum atomic E-state index is -0.0577. The summed E-state index contributed by atoms with van der Waals surface area (Å²) in [5, 5.41) is 0. The lowest BCUT2D eigenvalue weighted by Crippen LogP contribution is -2.62. The van der Waals surface area contributed by atoms with Crippen LogP contribution in [0.5, 0.6) is 0 Å². The molecule has 3 nitrogen and oxygen atoms in total. The minimum absolute atomic E-state index is 0.00545. The molecule has 11 rings (SSSR count). The molecule has 0 atom stereocenters. The molecule has 0 amide bonds. The van der Waals surface area contributed by atoms with Gasteiger partial charge in [-0.15, -0.1) is 0 Å². The van der Waals surface area contributed by atoms with Crippen LogP contribution < -0.4 is 31.1 Å². The predicted molar refractivity (Wildman–Crippen MR) is 312 cm³/mol. The van der Waals surface area contributed by atoms with Crippen molar-refractivity contribution in [3.8, 4) is 11.1 Å². The maximum atomic E-state index is 2.69. The molecule has 0 aromatic heterocycles. The molecule has 0 saturated heterocycles. The highest BCUT2D eigenvalue weighted by Gasteiger charge is 2.47. The maximum Gasteiger partial charge on any atom is 0.252 e. The van der Waals surface area contributed by atoms with Gasteiger partial charge < -0.3 is 14.7 Å². The van der Waals surface area contributed by atoms with Crippen molar-refractivity contribution in [3.63, 3.8) is 0 Å². The van der Waals surface area contributed by atoms with E-state index in [0.29, 0.717) is 0 Å². The molecule has 0 bridgehead atoms. The summed E-state index contributed by atoms with van der Waals surface area (Å²) in [7, 11) is 0. The average molecular weight is 942 g/mol. The smallest absolute Gasteiger partial charge is 0.252 e. The van der Waals surface area contributed by atoms with Crippen LogP contribution in [0.2, 0.25) is 0 Å². The number of nitrogens with zero attached hydrogens (tertiary/aromatic N) is 3. The Hall–Kier alpha value is -6.78. The van der Waals surface area contributed by atoms with Gasteiger partial charge in [0.2, 0.25) is 0 Å². The van der Waals surface area contributed by atoms with E-state index >= 15 is 0 Å². The fourth-order valence-corrected chi connectivity index (χ4v) is 11.9. The molecular formula is C68H72BN3. The van der Waals surface area contributed by atoms with Gasteiger partial charge in [-0.2, -0.15) is 0 Å². The van der Waals surface area contributed by atoms with Gasteiger partial charge in [0.15, 0.2) is 0 Å². The van der Waals surface area contributed by atoms with E-state index in [1.54, 1.807) is 0 Å². The van der Waals surface area contributed by atoms with Gasteiger partial charge >= 0.3 is 0 Å². The highest BCUT2D eigenvalue weighted by atomic mass is 15.2. The van der Waals surface area contributed by atoms with Crippen LogP contribution in [0.4, 0.5) is 51.2 Å². The van der Waals surface area contributed by atoms with Gasteiger partial charge in [0, 0.05) is 45.4 Å². The summed E-state index contributed by atoms with van der Waals surface area (Å²) in [6, 6.07) is 67.4. The zero-order valence-corrected chi connectivity index (χ0v) is 45.1. The van der Waals surface area contributed by atoms with E-state index in [0.717, 1.165) is 35.6 Å². The summed E-state index contributed by atoms with van der Waals surface area (Å²) in [6.07, 6.45) is 2.29. The van der Waals surface area contributed by atoms with Crippen molar-refractivity contribution >= 4 is 74.3 Å². The summed E-state index contributed by atoms with van der Waals surface area (Å²) in [6.45, 7) is 30.9. The van der Waals surface area contributed by atoms with Crippen molar-refractivity contribution in [2.75, 3.05) is 14.7 Å². The molecule has 8 aromatic rings. The first kappa shape index (κ1) is 47.5. The molecular weight excluding hydrogens is 870 g/mol. The van der Waals surface area contributed by atoms with Crippen LogP contribution in [0.1, 0.15) is 131 Å². The van der Waals surface area contributed by atoms with E-state index in [-0.39, 0.29) is 33.8 Å². The van der Waals surface area contributed by atoms with Crippen molar-refractivity contribution < 1.29 is 0 Å². The number of rotatable bonds is 6. The summed E-state index contributed by atoms with van der Waals surface area (Å²) in [5.74, 6) is 0. The first-order valence-electron chi connectivity index (χ1n) is 26.4. The number of benzene rings is 8. The van der Waals surface area contributed by atoms with Gasteiger partial charge in [-0.25, -0.2) is 0 Å². The molecule has 0 spiro atoms. The molecule has 0 unspecified atom stereocenters. The van der Waals surface area contributed by atoms with Crippen LogP contribution in [0.15, 0.2) is 176 Å². The molecule has 0 radical (unpaired) electrons. The third-order valence-electron chi connectivity index (χ3n) is 16.4. The Morgan fingerprint density at radius 2 is 0.861 bits per heavy atom. The Labute approximate surface area is 431 Å². The lowest BCUT2D eigenvalue weighted by molar-refractivity contribution is 0.332. The van der Waals surface area contributed by atoms with Gasteiger partial charge in [0.25, 0.3) is 6.71 Å². The highest BCUT2D eigenvalue weighted by molar-refractivity contribution is 7.00. The Morgan fingerprint density at radius 3 is 1.40 bits per heavy atom. The molecule has 3 aliphatic rings. The normalized spacial score (nSPS) is 15.6.